The number of rotatable bonds is 5. The Morgan fingerprint density at radius 3 is 2.00 bits per heavy atom. The average Bonchev–Trinajstić information content (AvgIpc) is 2.36. The summed E-state index contributed by atoms with van der Waals surface area (Å²) in [4.78, 5) is 39.2. The van der Waals surface area contributed by atoms with Gasteiger partial charge in [-0.05, 0) is 48.5 Å². The third kappa shape index (κ3) is 7.49. The Bertz CT molecular complexity index is 515. The second kappa shape index (κ2) is 8.60. The highest BCUT2D eigenvalue weighted by Gasteiger charge is 2.40. The van der Waals surface area contributed by atoms with Crippen molar-refractivity contribution in [3.63, 3.8) is 0 Å². The summed E-state index contributed by atoms with van der Waals surface area (Å²) in [5.74, 6) is -0.371. The maximum Gasteiger partial charge on any atom is 0.410 e. The van der Waals surface area contributed by atoms with Crippen molar-refractivity contribution in [1.82, 2.24) is 9.80 Å². The first-order valence-electron chi connectivity index (χ1n) is 8.95. The van der Waals surface area contributed by atoms with Crippen LogP contribution in [-0.2, 0) is 19.0 Å². The van der Waals surface area contributed by atoms with E-state index in [4.69, 9.17) is 14.2 Å². The standard InChI is InChI=1S/C18H32N2O6/c1-8-24-14(21)9-10-20(16(23)26-18(5,6)7)13-11-19(12-13)15(22)25-17(2,3)4/h13H,8-12H2,1-7H3. The highest BCUT2D eigenvalue weighted by molar-refractivity contribution is 5.73. The van der Waals surface area contributed by atoms with Crippen molar-refractivity contribution in [3.8, 4) is 0 Å². The Kier molecular flexibility index (Phi) is 7.29. The second-order valence-electron chi connectivity index (χ2n) is 8.27. The molecule has 1 fully saturated rings. The maximum absolute atomic E-state index is 12.5. The van der Waals surface area contributed by atoms with E-state index in [2.05, 4.69) is 0 Å². The summed E-state index contributed by atoms with van der Waals surface area (Å²) in [5, 5.41) is 0. The molecule has 0 saturated carbocycles. The van der Waals surface area contributed by atoms with Crippen molar-refractivity contribution in [2.45, 2.75) is 72.1 Å². The first-order chi connectivity index (χ1) is 11.8. The zero-order valence-electron chi connectivity index (χ0n) is 17.0. The van der Waals surface area contributed by atoms with Gasteiger partial charge in [-0.1, -0.05) is 0 Å². The molecule has 1 aliphatic rings. The Hall–Kier alpha value is -1.99. The van der Waals surface area contributed by atoms with Crippen LogP contribution < -0.4 is 0 Å². The van der Waals surface area contributed by atoms with Crippen molar-refractivity contribution in [2.75, 3.05) is 26.2 Å². The predicted molar refractivity (Wildman–Crippen MR) is 95.8 cm³/mol. The number of hydrogen-bond donors (Lipinski definition) is 0. The summed E-state index contributed by atoms with van der Waals surface area (Å²) < 4.78 is 15.7. The third-order valence-corrected chi connectivity index (χ3v) is 3.44. The van der Waals surface area contributed by atoms with Gasteiger partial charge < -0.3 is 24.0 Å². The van der Waals surface area contributed by atoms with Gasteiger partial charge in [0.2, 0.25) is 0 Å². The molecular weight excluding hydrogens is 340 g/mol. The van der Waals surface area contributed by atoms with Crippen LogP contribution in [0, 0.1) is 0 Å². The average molecular weight is 372 g/mol. The Labute approximate surface area is 155 Å². The number of esters is 1. The number of ether oxygens (including phenoxy) is 3. The molecule has 0 radical (unpaired) electrons. The lowest BCUT2D eigenvalue weighted by Crippen LogP contribution is -2.63. The van der Waals surface area contributed by atoms with E-state index < -0.39 is 23.4 Å². The summed E-state index contributed by atoms with van der Waals surface area (Å²) in [6.45, 7) is 13.6. The van der Waals surface area contributed by atoms with E-state index in [1.54, 1.807) is 48.5 Å². The van der Waals surface area contributed by atoms with Gasteiger partial charge in [0.1, 0.15) is 11.2 Å². The minimum atomic E-state index is -0.645. The van der Waals surface area contributed by atoms with Crippen LogP contribution in [0.1, 0.15) is 54.9 Å². The third-order valence-electron chi connectivity index (χ3n) is 3.44. The van der Waals surface area contributed by atoms with E-state index in [-0.39, 0.29) is 25.0 Å². The molecular formula is C18H32N2O6. The summed E-state index contributed by atoms with van der Waals surface area (Å²) >= 11 is 0. The van der Waals surface area contributed by atoms with Crippen molar-refractivity contribution < 1.29 is 28.6 Å². The largest absolute Gasteiger partial charge is 0.466 e. The van der Waals surface area contributed by atoms with E-state index in [1.165, 1.54) is 9.80 Å². The molecule has 0 bridgehead atoms. The van der Waals surface area contributed by atoms with Crippen LogP contribution in [0.5, 0.6) is 0 Å². The summed E-state index contributed by atoms with van der Waals surface area (Å²) in [5.41, 5.74) is -1.22. The number of hydrogen-bond acceptors (Lipinski definition) is 6. The zero-order valence-corrected chi connectivity index (χ0v) is 17.0. The van der Waals surface area contributed by atoms with E-state index >= 15 is 0 Å². The first kappa shape index (κ1) is 22.1. The molecule has 26 heavy (non-hydrogen) atoms. The summed E-state index contributed by atoms with van der Waals surface area (Å²) in [7, 11) is 0. The normalized spacial score (nSPS) is 15.1. The lowest BCUT2D eigenvalue weighted by molar-refractivity contribution is -0.143. The number of nitrogens with zero attached hydrogens (tertiary/aromatic N) is 2. The molecule has 2 amide bonds. The van der Waals surface area contributed by atoms with Crippen LogP contribution in [0.2, 0.25) is 0 Å². The number of carbonyl (C=O) groups is 3. The molecule has 1 saturated heterocycles. The molecule has 8 nitrogen and oxygen atoms in total. The zero-order chi connectivity index (χ0) is 20.1. The molecule has 1 rings (SSSR count). The minimum Gasteiger partial charge on any atom is -0.466 e. The molecule has 0 atom stereocenters. The SMILES string of the molecule is CCOC(=O)CCN(C(=O)OC(C)(C)C)C1CN(C(=O)OC(C)(C)C)C1. The number of amides is 2. The predicted octanol–water partition coefficient (Wildman–Crippen LogP) is 2.80. The van der Waals surface area contributed by atoms with E-state index in [1.807, 2.05) is 0 Å². The fourth-order valence-electron chi connectivity index (χ4n) is 2.32. The van der Waals surface area contributed by atoms with Crippen LogP contribution in [0.4, 0.5) is 9.59 Å². The molecule has 0 unspecified atom stereocenters. The molecule has 0 aromatic carbocycles. The molecule has 8 heteroatoms. The van der Waals surface area contributed by atoms with Gasteiger partial charge in [0.15, 0.2) is 0 Å². The molecule has 0 aliphatic carbocycles. The molecule has 0 spiro atoms. The van der Waals surface area contributed by atoms with Crippen molar-refractivity contribution >= 4 is 18.2 Å². The minimum absolute atomic E-state index is 0.0794. The smallest absolute Gasteiger partial charge is 0.410 e. The van der Waals surface area contributed by atoms with Gasteiger partial charge in [-0.3, -0.25) is 4.79 Å². The van der Waals surface area contributed by atoms with Gasteiger partial charge in [-0.15, -0.1) is 0 Å². The van der Waals surface area contributed by atoms with Gasteiger partial charge in [-0.2, -0.15) is 0 Å². The first-order valence-corrected chi connectivity index (χ1v) is 8.95. The van der Waals surface area contributed by atoms with Gasteiger partial charge in [-0.25, -0.2) is 9.59 Å². The molecule has 1 heterocycles. The van der Waals surface area contributed by atoms with Crippen molar-refractivity contribution in [1.29, 1.82) is 0 Å². The Balaban J connectivity index is 2.67. The second-order valence-corrected chi connectivity index (χ2v) is 8.27. The van der Waals surface area contributed by atoms with Crippen LogP contribution in [-0.4, -0.2) is 71.4 Å². The lowest BCUT2D eigenvalue weighted by Gasteiger charge is -2.45. The summed E-state index contributed by atoms with van der Waals surface area (Å²) in [6, 6.07) is -0.216. The Morgan fingerprint density at radius 1 is 1.00 bits per heavy atom. The monoisotopic (exact) mass is 372 g/mol. The van der Waals surface area contributed by atoms with E-state index in [0.29, 0.717) is 19.7 Å². The highest BCUT2D eigenvalue weighted by Crippen LogP contribution is 2.21. The van der Waals surface area contributed by atoms with Crippen LogP contribution in [0.25, 0.3) is 0 Å². The van der Waals surface area contributed by atoms with Gasteiger partial charge in [0.25, 0.3) is 0 Å². The van der Waals surface area contributed by atoms with Gasteiger partial charge in [0, 0.05) is 19.6 Å². The molecule has 150 valence electrons. The molecule has 0 N–H and O–H groups in total. The van der Waals surface area contributed by atoms with Gasteiger partial charge in [0.05, 0.1) is 19.1 Å². The van der Waals surface area contributed by atoms with Gasteiger partial charge >= 0.3 is 18.2 Å². The van der Waals surface area contributed by atoms with Crippen molar-refractivity contribution in [3.05, 3.63) is 0 Å². The fourth-order valence-corrected chi connectivity index (χ4v) is 2.32. The topological polar surface area (TPSA) is 85.4 Å². The highest BCUT2D eigenvalue weighted by atomic mass is 16.6. The molecule has 0 aromatic heterocycles. The fraction of sp³-hybridized carbons (Fsp3) is 0.833. The Morgan fingerprint density at radius 2 is 1.54 bits per heavy atom. The van der Waals surface area contributed by atoms with Crippen LogP contribution in [0.15, 0.2) is 0 Å². The lowest BCUT2D eigenvalue weighted by atomic mass is 10.1. The quantitative estimate of drug-likeness (QED) is 0.545. The van der Waals surface area contributed by atoms with Crippen LogP contribution >= 0.6 is 0 Å². The molecule has 1 aliphatic heterocycles. The van der Waals surface area contributed by atoms with Crippen molar-refractivity contribution in [2.24, 2.45) is 0 Å². The number of carbonyl (C=O) groups excluding carboxylic acids is 3. The van der Waals surface area contributed by atoms with E-state index in [0.717, 1.165) is 0 Å². The number of likely N-dealkylation sites (tertiary alicyclic amines) is 1. The van der Waals surface area contributed by atoms with Crippen LogP contribution in [0.3, 0.4) is 0 Å². The maximum atomic E-state index is 12.5. The summed E-state index contributed by atoms with van der Waals surface area (Å²) in [6.07, 6.45) is -0.838. The molecule has 0 aromatic rings. The van der Waals surface area contributed by atoms with E-state index in [9.17, 15) is 14.4 Å².